The van der Waals surface area contributed by atoms with Crippen LogP contribution >= 0.6 is 15.9 Å². The Morgan fingerprint density at radius 2 is 1.89 bits per heavy atom. The fraction of sp³-hybridized carbons (Fsp3) is 0.462. The zero-order valence-electron chi connectivity index (χ0n) is 10.5. The van der Waals surface area contributed by atoms with E-state index in [2.05, 4.69) is 20.8 Å². The molecule has 0 radical (unpaired) electrons. The summed E-state index contributed by atoms with van der Waals surface area (Å²) in [6.45, 7) is 4.84. The van der Waals surface area contributed by atoms with Crippen LogP contribution in [0.5, 0.6) is 0 Å². The average molecular weight is 315 g/mol. The van der Waals surface area contributed by atoms with Crippen molar-refractivity contribution in [3.05, 3.63) is 33.5 Å². The number of amides is 1. The van der Waals surface area contributed by atoms with Crippen LogP contribution in [-0.2, 0) is 0 Å². The molecular weight excluding hydrogens is 299 g/mol. The molecule has 1 heterocycles. The Bertz CT molecular complexity index is 470. The quantitative estimate of drug-likeness (QED) is 0.794. The van der Waals surface area contributed by atoms with E-state index < -0.39 is 5.82 Å². The summed E-state index contributed by atoms with van der Waals surface area (Å²) in [5.41, 5.74) is 1.04. The van der Waals surface area contributed by atoms with Crippen LogP contribution in [0.15, 0.2) is 16.6 Å². The van der Waals surface area contributed by atoms with E-state index in [1.165, 1.54) is 6.07 Å². The van der Waals surface area contributed by atoms with Crippen LogP contribution in [0.3, 0.4) is 0 Å². The van der Waals surface area contributed by atoms with Crippen LogP contribution in [0.1, 0.15) is 15.9 Å². The minimum atomic E-state index is -0.462. The molecule has 1 aromatic carbocycles. The molecule has 0 aliphatic carbocycles. The molecule has 1 fully saturated rings. The predicted octanol–water partition coefficient (Wildman–Crippen LogP) is 2.28. The summed E-state index contributed by atoms with van der Waals surface area (Å²) in [6, 6.07) is 2.97. The highest BCUT2D eigenvalue weighted by molar-refractivity contribution is 9.10. The first-order chi connectivity index (χ1) is 8.49. The number of nitrogens with zero attached hydrogens (tertiary/aromatic N) is 2. The first-order valence-electron chi connectivity index (χ1n) is 5.92. The third-order valence-corrected chi connectivity index (χ3v) is 4.12. The van der Waals surface area contributed by atoms with Crippen molar-refractivity contribution in [1.82, 2.24) is 9.80 Å². The van der Waals surface area contributed by atoms with Crippen molar-refractivity contribution >= 4 is 21.8 Å². The molecule has 0 N–H and O–H groups in total. The monoisotopic (exact) mass is 314 g/mol. The maximum atomic E-state index is 13.8. The molecule has 0 unspecified atom stereocenters. The van der Waals surface area contributed by atoms with Gasteiger partial charge in [-0.15, -0.1) is 0 Å². The normalized spacial score (nSPS) is 17.0. The van der Waals surface area contributed by atoms with Gasteiger partial charge in [0.05, 0.1) is 5.56 Å². The topological polar surface area (TPSA) is 23.6 Å². The predicted molar refractivity (Wildman–Crippen MR) is 72.2 cm³/mol. The number of halogens is 2. The van der Waals surface area contributed by atoms with Gasteiger partial charge in [0.2, 0.25) is 0 Å². The lowest BCUT2D eigenvalue weighted by Crippen LogP contribution is -2.47. The number of hydrogen-bond acceptors (Lipinski definition) is 2. The summed E-state index contributed by atoms with van der Waals surface area (Å²) in [5.74, 6) is -0.674. The lowest BCUT2D eigenvalue weighted by atomic mass is 10.1. The molecule has 1 aliphatic rings. The Morgan fingerprint density at radius 1 is 1.28 bits per heavy atom. The van der Waals surface area contributed by atoms with Gasteiger partial charge in [-0.3, -0.25) is 4.79 Å². The van der Waals surface area contributed by atoms with E-state index in [0.717, 1.165) is 18.7 Å². The molecule has 1 aliphatic heterocycles. The number of piperazine rings is 1. The third-order valence-electron chi connectivity index (χ3n) is 3.27. The number of aryl methyl sites for hydroxylation is 1. The lowest BCUT2D eigenvalue weighted by Gasteiger charge is -2.32. The van der Waals surface area contributed by atoms with E-state index in [9.17, 15) is 9.18 Å². The maximum absolute atomic E-state index is 13.8. The molecule has 98 valence electrons. The summed E-state index contributed by atoms with van der Waals surface area (Å²) in [7, 11) is 2.02. The van der Waals surface area contributed by atoms with Crippen molar-refractivity contribution in [2.24, 2.45) is 0 Å². The van der Waals surface area contributed by atoms with Crippen LogP contribution in [0, 0.1) is 12.7 Å². The van der Waals surface area contributed by atoms with Gasteiger partial charge in [0.25, 0.3) is 5.91 Å². The minimum Gasteiger partial charge on any atom is -0.336 e. The number of carbonyl (C=O) groups is 1. The van der Waals surface area contributed by atoms with Gasteiger partial charge in [0, 0.05) is 30.7 Å². The average Bonchev–Trinajstić information content (AvgIpc) is 2.34. The lowest BCUT2D eigenvalue weighted by molar-refractivity contribution is 0.0659. The molecule has 18 heavy (non-hydrogen) atoms. The number of carbonyl (C=O) groups excluding carboxylic acids is 1. The Labute approximate surface area is 115 Å². The second-order valence-electron chi connectivity index (χ2n) is 4.68. The van der Waals surface area contributed by atoms with E-state index >= 15 is 0 Å². The van der Waals surface area contributed by atoms with E-state index in [0.29, 0.717) is 17.6 Å². The van der Waals surface area contributed by atoms with Crippen LogP contribution in [0.25, 0.3) is 0 Å². The molecule has 0 atom stereocenters. The Morgan fingerprint density at radius 3 is 2.50 bits per heavy atom. The molecule has 1 amide bonds. The van der Waals surface area contributed by atoms with Gasteiger partial charge in [-0.05, 0) is 31.7 Å². The summed E-state index contributed by atoms with van der Waals surface area (Å²) in [6.07, 6.45) is 0. The summed E-state index contributed by atoms with van der Waals surface area (Å²) in [4.78, 5) is 16.1. The molecule has 2 rings (SSSR count). The zero-order valence-corrected chi connectivity index (χ0v) is 12.1. The van der Waals surface area contributed by atoms with Crippen molar-refractivity contribution in [1.29, 1.82) is 0 Å². The summed E-state index contributed by atoms with van der Waals surface area (Å²) in [5, 5.41) is 0. The molecular formula is C13H16BrFN2O. The van der Waals surface area contributed by atoms with Crippen molar-refractivity contribution < 1.29 is 9.18 Å². The highest BCUT2D eigenvalue weighted by Gasteiger charge is 2.23. The van der Waals surface area contributed by atoms with E-state index in [1.54, 1.807) is 11.0 Å². The molecule has 0 saturated carbocycles. The van der Waals surface area contributed by atoms with Crippen molar-refractivity contribution in [2.45, 2.75) is 6.92 Å². The van der Waals surface area contributed by atoms with Gasteiger partial charge in [-0.2, -0.15) is 0 Å². The number of hydrogen-bond donors (Lipinski definition) is 0. The molecule has 0 bridgehead atoms. The van der Waals surface area contributed by atoms with Gasteiger partial charge >= 0.3 is 0 Å². The second-order valence-corrected chi connectivity index (χ2v) is 5.53. The van der Waals surface area contributed by atoms with Crippen LogP contribution < -0.4 is 0 Å². The highest BCUT2D eigenvalue weighted by Crippen LogP contribution is 2.22. The van der Waals surface area contributed by atoms with Gasteiger partial charge in [-0.25, -0.2) is 4.39 Å². The SMILES string of the molecule is Cc1cc(C(=O)N2CCN(C)CC2)c(F)cc1Br. The Kier molecular flexibility index (Phi) is 4.02. The van der Waals surface area contributed by atoms with Gasteiger partial charge < -0.3 is 9.80 Å². The zero-order chi connectivity index (χ0) is 13.3. The van der Waals surface area contributed by atoms with Crippen LogP contribution in [0.4, 0.5) is 4.39 Å². The highest BCUT2D eigenvalue weighted by atomic mass is 79.9. The largest absolute Gasteiger partial charge is 0.336 e. The van der Waals surface area contributed by atoms with Crippen molar-refractivity contribution in [2.75, 3.05) is 33.2 Å². The molecule has 0 spiro atoms. The fourth-order valence-corrected chi connectivity index (χ4v) is 2.32. The fourth-order valence-electron chi connectivity index (χ4n) is 2.00. The minimum absolute atomic E-state index is 0.167. The number of likely N-dealkylation sites (N-methyl/N-ethyl adjacent to an activating group) is 1. The van der Waals surface area contributed by atoms with Gasteiger partial charge in [-0.1, -0.05) is 15.9 Å². The second kappa shape index (κ2) is 5.36. The Hall–Kier alpha value is -0.940. The molecule has 1 aromatic rings. The van der Waals surface area contributed by atoms with E-state index in [1.807, 2.05) is 14.0 Å². The molecule has 5 heteroatoms. The van der Waals surface area contributed by atoms with E-state index in [-0.39, 0.29) is 11.5 Å². The first-order valence-corrected chi connectivity index (χ1v) is 6.72. The van der Waals surface area contributed by atoms with Crippen molar-refractivity contribution in [3.63, 3.8) is 0 Å². The Balaban J connectivity index is 2.21. The molecule has 3 nitrogen and oxygen atoms in total. The van der Waals surface area contributed by atoms with Gasteiger partial charge in [0.1, 0.15) is 5.82 Å². The smallest absolute Gasteiger partial charge is 0.256 e. The third kappa shape index (κ3) is 2.72. The van der Waals surface area contributed by atoms with Crippen molar-refractivity contribution in [3.8, 4) is 0 Å². The maximum Gasteiger partial charge on any atom is 0.256 e. The molecule has 1 saturated heterocycles. The number of benzene rings is 1. The molecule has 0 aromatic heterocycles. The standard InChI is InChI=1S/C13H16BrFN2O/c1-9-7-10(12(15)8-11(9)14)13(18)17-5-3-16(2)4-6-17/h7-8H,3-6H2,1-2H3. The van der Waals surface area contributed by atoms with Crippen LogP contribution in [0.2, 0.25) is 0 Å². The number of rotatable bonds is 1. The summed E-state index contributed by atoms with van der Waals surface area (Å²) < 4.78 is 14.5. The van der Waals surface area contributed by atoms with Gasteiger partial charge in [0.15, 0.2) is 0 Å². The van der Waals surface area contributed by atoms with E-state index in [4.69, 9.17) is 0 Å². The first kappa shape index (κ1) is 13.5. The van der Waals surface area contributed by atoms with Crippen LogP contribution in [-0.4, -0.2) is 48.9 Å². The summed E-state index contributed by atoms with van der Waals surface area (Å²) >= 11 is 3.26.